The van der Waals surface area contributed by atoms with Gasteiger partial charge in [0.2, 0.25) is 0 Å². The molecular formula is C9H10F3N. The zero-order valence-corrected chi connectivity index (χ0v) is 7.39. The van der Waals surface area contributed by atoms with Crippen LogP contribution >= 0.6 is 0 Å². The van der Waals surface area contributed by atoms with Crippen molar-refractivity contribution in [3.63, 3.8) is 0 Å². The molecule has 1 nitrogen and oxygen atoms in total. The average molecular weight is 189 g/mol. The number of halogens is 3. The quantitative estimate of drug-likeness (QED) is 0.555. The van der Waals surface area contributed by atoms with Crippen molar-refractivity contribution >= 4 is 6.21 Å². The van der Waals surface area contributed by atoms with Crippen molar-refractivity contribution in [3.8, 4) is 0 Å². The first kappa shape index (κ1) is 10.0. The van der Waals surface area contributed by atoms with Crippen LogP contribution in [0.2, 0.25) is 0 Å². The van der Waals surface area contributed by atoms with Gasteiger partial charge in [-0.3, -0.25) is 4.99 Å². The van der Waals surface area contributed by atoms with Crippen molar-refractivity contribution in [2.75, 3.05) is 0 Å². The van der Waals surface area contributed by atoms with Crippen molar-refractivity contribution in [3.05, 3.63) is 23.3 Å². The molecule has 0 aliphatic carbocycles. The van der Waals surface area contributed by atoms with Crippen molar-refractivity contribution in [2.24, 2.45) is 4.99 Å². The van der Waals surface area contributed by atoms with Gasteiger partial charge in [0.15, 0.2) is 0 Å². The fourth-order valence-corrected chi connectivity index (χ4v) is 0.881. The molecule has 13 heavy (non-hydrogen) atoms. The van der Waals surface area contributed by atoms with Crippen LogP contribution in [0.5, 0.6) is 0 Å². The molecule has 0 N–H and O–H groups in total. The molecule has 1 unspecified atom stereocenters. The SMILES string of the molecule is CC1=CC=C(C(F)(F)F)C=NC1C. The highest BCUT2D eigenvalue weighted by Gasteiger charge is 2.32. The summed E-state index contributed by atoms with van der Waals surface area (Å²) in [6.45, 7) is 3.52. The van der Waals surface area contributed by atoms with Crippen LogP contribution in [0.4, 0.5) is 13.2 Å². The molecule has 0 bridgehead atoms. The number of hydrogen-bond acceptors (Lipinski definition) is 1. The molecule has 0 saturated carbocycles. The third-order valence-corrected chi connectivity index (χ3v) is 1.95. The van der Waals surface area contributed by atoms with Crippen LogP contribution in [0.1, 0.15) is 13.8 Å². The van der Waals surface area contributed by atoms with Crippen LogP contribution in [0.15, 0.2) is 28.3 Å². The summed E-state index contributed by atoms with van der Waals surface area (Å²) in [5, 5.41) is 0. The summed E-state index contributed by atoms with van der Waals surface area (Å²) in [6.07, 6.45) is -0.898. The van der Waals surface area contributed by atoms with Crippen LogP contribution in [-0.4, -0.2) is 18.4 Å². The van der Waals surface area contributed by atoms with Gasteiger partial charge in [-0.25, -0.2) is 0 Å². The van der Waals surface area contributed by atoms with Gasteiger partial charge in [-0.2, -0.15) is 13.2 Å². The number of allylic oxidation sites excluding steroid dienone is 3. The monoisotopic (exact) mass is 189 g/mol. The first-order valence-electron chi connectivity index (χ1n) is 3.90. The normalized spacial score (nSPS) is 23.6. The van der Waals surface area contributed by atoms with Gasteiger partial charge in [0.25, 0.3) is 0 Å². The lowest BCUT2D eigenvalue weighted by molar-refractivity contribution is -0.0855. The second-order valence-corrected chi connectivity index (χ2v) is 2.98. The molecule has 1 aliphatic rings. The van der Waals surface area contributed by atoms with Gasteiger partial charge in [-0.15, -0.1) is 0 Å². The Kier molecular flexibility index (Phi) is 2.59. The summed E-state index contributed by atoms with van der Waals surface area (Å²) in [7, 11) is 0. The van der Waals surface area contributed by atoms with E-state index in [1.807, 2.05) is 0 Å². The van der Waals surface area contributed by atoms with E-state index >= 15 is 0 Å². The maximum Gasteiger partial charge on any atom is 0.417 e. The maximum absolute atomic E-state index is 12.2. The molecule has 4 heteroatoms. The molecule has 1 rings (SSSR count). The van der Waals surface area contributed by atoms with Crippen molar-refractivity contribution in [1.82, 2.24) is 0 Å². The molecule has 1 atom stereocenters. The minimum Gasteiger partial charge on any atom is -0.285 e. The van der Waals surface area contributed by atoms with Crippen LogP contribution < -0.4 is 0 Å². The Balaban J connectivity index is 2.98. The number of alkyl halides is 3. The highest BCUT2D eigenvalue weighted by atomic mass is 19.4. The standard InChI is InChI=1S/C9H10F3N/c1-6-3-4-8(9(10,11)12)5-13-7(6)2/h3-5,7H,1-2H3. The smallest absolute Gasteiger partial charge is 0.285 e. The van der Waals surface area contributed by atoms with E-state index in [1.165, 1.54) is 6.08 Å². The molecule has 0 aromatic carbocycles. The lowest BCUT2D eigenvalue weighted by Crippen LogP contribution is -2.12. The van der Waals surface area contributed by atoms with Gasteiger partial charge in [0.1, 0.15) is 0 Å². The number of aliphatic imine (C=N–C) groups is 1. The predicted octanol–water partition coefficient (Wildman–Crippen LogP) is 2.89. The Morgan fingerprint density at radius 1 is 1.31 bits per heavy atom. The maximum atomic E-state index is 12.2. The molecule has 1 heterocycles. The highest BCUT2D eigenvalue weighted by molar-refractivity contribution is 5.81. The first-order chi connectivity index (χ1) is 5.91. The summed E-state index contributed by atoms with van der Waals surface area (Å²) < 4.78 is 36.6. The fraction of sp³-hybridized carbons (Fsp3) is 0.444. The van der Waals surface area contributed by atoms with Gasteiger partial charge in [-0.05, 0) is 25.5 Å². The van der Waals surface area contributed by atoms with E-state index in [-0.39, 0.29) is 6.04 Å². The zero-order chi connectivity index (χ0) is 10.1. The molecule has 1 aliphatic heterocycles. The van der Waals surface area contributed by atoms with E-state index in [0.717, 1.165) is 17.9 Å². The van der Waals surface area contributed by atoms with Gasteiger partial charge >= 0.3 is 6.18 Å². The Hall–Kier alpha value is -1.06. The molecule has 0 aromatic rings. The largest absolute Gasteiger partial charge is 0.417 e. The summed E-state index contributed by atoms with van der Waals surface area (Å²) in [4.78, 5) is 3.77. The Morgan fingerprint density at radius 2 is 1.92 bits per heavy atom. The first-order valence-corrected chi connectivity index (χ1v) is 3.90. The number of nitrogens with zero attached hydrogens (tertiary/aromatic N) is 1. The molecule has 0 spiro atoms. The lowest BCUT2D eigenvalue weighted by atomic mass is 10.1. The number of rotatable bonds is 0. The third kappa shape index (κ3) is 2.44. The molecular weight excluding hydrogens is 179 g/mol. The van der Waals surface area contributed by atoms with Crippen molar-refractivity contribution < 1.29 is 13.2 Å². The molecule has 0 aromatic heterocycles. The zero-order valence-electron chi connectivity index (χ0n) is 7.39. The van der Waals surface area contributed by atoms with Crippen LogP contribution in [0, 0.1) is 0 Å². The summed E-state index contributed by atoms with van der Waals surface area (Å²) >= 11 is 0. The topological polar surface area (TPSA) is 12.4 Å². The summed E-state index contributed by atoms with van der Waals surface area (Å²) in [5.41, 5.74) is 0.131. The van der Waals surface area contributed by atoms with Gasteiger partial charge in [-0.1, -0.05) is 6.08 Å². The second-order valence-electron chi connectivity index (χ2n) is 2.98. The van der Waals surface area contributed by atoms with Gasteiger partial charge in [0.05, 0.1) is 11.6 Å². The minimum atomic E-state index is -4.30. The molecule has 72 valence electrons. The molecule has 0 radical (unpaired) electrons. The third-order valence-electron chi connectivity index (χ3n) is 1.95. The number of hydrogen-bond donors (Lipinski definition) is 0. The highest BCUT2D eigenvalue weighted by Crippen LogP contribution is 2.26. The van der Waals surface area contributed by atoms with E-state index in [1.54, 1.807) is 13.8 Å². The fourth-order valence-electron chi connectivity index (χ4n) is 0.881. The molecule has 0 amide bonds. The second kappa shape index (κ2) is 3.36. The summed E-state index contributed by atoms with van der Waals surface area (Å²) in [6, 6.07) is -0.170. The van der Waals surface area contributed by atoms with Gasteiger partial charge < -0.3 is 0 Å². The van der Waals surface area contributed by atoms with E-state index in [9.17, 15) is 13.2 Å². The van der Waals surface area contributed by atoms with Crippen LogP contribution in [-0.2, 0) is 0 Å². The van der Waals surface area contributed by atoms with Crippen LogP contribution in [0.3, 0.4) is 0 Å². The van der Waals surface area contributed by atoms with Crippen molar-refractivity contribution in [2.45, 2.75) is 26.1 Å². The average Bonchev–Trinajstić information content (AvgIpc) is 2.14. The Bertz CT molecular complexity index is 284. The molecule has 0 fully saturated rings. The lowest BCUT2D eigenvalue weighted by Gasteiger charge is -2.05. The van der Waals surface area contributed by atoms with Crippen molar-refractivity contribution in [1.29, 1.82) is 0 Å². The van der Waals surface area contributed by atoms with E-state index in [4.69, 9.17) is 0 Å². The van der Waals surface area contributed by atoms with Crippen LogP contribution in [0.25, 0.3) is 0 Å². The van der Waals surface area contributed by atoms with E-state index < -0.39 is 11.7 Å². The predicted molar refractivity (Wildman–Crippen MR) is 45.8 cm³/mol. The molecule has 0 saturated heterocycles. The van der Waals surface area contributed by atoms with E-state index in [0.29, 0.717) is 0 Å². The Labute approximate surface area is 74.7 Å². The summed E-state index contributed by atoms with van der Waals surface area (Å²) in [5.74, 6) is 0. The minimum absolute atomic E-state index is 0.170. The Morgan fingerprint density at radius 3 is 2.46 bits per heavy atom. The van der Waals surface area contributed by atoms with E-state index in [2.05, 4.69) is 4.99 Å². The van der Waals surface area contributed by atoms with Gasteiger partial charge in [0, 0.05) is 6.21 Å².